The van der Waals surface area contributed by atoms with Gasteiger partial charge in [0.15, 0.2) is 0 Å². The number of benzene rings is 1. The molecule has 0 spiro atoms. The average molecular weight is 368 g/mol. The Labute approximate surface area is 150 Å². The Morgan fingerprint density at radius 2 is 2.21 bits per heavy atom. The number of ether oxygens (including phenoxy) is 1. The second-order valence-corrected chi connectivity index (χ2v) is 6.61. The minimum absolute atomic E-state index is 0.0891. The molecule has 2 aromatic rings. The van der Waals surface area contributed by atoms with Gasteiger partial charge < -0.3 is 10.1 Å². The van der Waals surface area contributed by atoms with E-state index in [1.807, 2.05) is 24.3 Å². The van der Waals surface area contributed by atoms with Crippen LogP contribution in [0.4, 0.5) is 0 Å². The van der Waals surface area contributed by atoms with Gasteiger partial charge in [-0.3, -0.25) is 4.79 Å². The van der Waals surface area contributed by atoms with Crippen LogP contribution in [0.3, 0.4) is 0 Å². The van der Waals surface area contributed by atoms with Gasteiger partial charge in [-0.05, 0) is 31.4 Å². The predicted octanol–water partition coefficient (Wildman–Crippen LogP) is 3.46. The summed E-state index contributed by atoms with van der Waals surface area (Å²) in [6, 6.07) is 7.50. The molecule has 1 atom stereocenters. The molecule has 0 radical (unpaired) electrons. The number of hydrogen-bond acceptors (Lipinski definition) is 3. The Balaban J connectivity index is 1.73. The van der Waals surface area contributed by atoms with Crippen molar-refractivity contribution in [3.8, 4) is 0 Å². The fourth-order valence-corrected chi connectivity index (χ4v) is 3.32. The van der Waals surface area contributed by atoms with Crippen LogP contribution in [0.15, 0.2) is 24.3 Å². The lowest BCUT2D eigenvalue weighted by molar-refractivity contribution is 0.0857. The second kappa shape index (κ2) is 7.55. The molecule has 1 fully saturated rings. The summed E-state index contributed by atoms with van der Waals surface area (Å²) in [6.07, 6.45) is 2.10. The lowest BCUT2D eigenvalue weighted by atomic mass is 10.2. The van der Waals surface area contributed by atoms with Gasteiger partial charge in [-0.2, -0.15) is 5.10 Å². The van der Waals surface area contributed by atoms with E-state index in [2.05, 4.69) is 10.4 Å². The van der Waals surface area contributed by atoms with Gasteiger partial charge in [0.05, 0.1) is 23.9 Å². The predicted molar refractivity (Wildman–Crippen MR) is 93.8 cm³/mol. The van der Waals surface area contributed by atoms with E-state index in [0.717, 1.165) is 25.0 Å². The van der Waals surface area contributed by atoms with E-state index in [-0.39, 0.29) is 12.0 Å². The maximum absolute atomic E-state index is 12.4. The molecule has 1 N–H and O–H groups in total. The summed E-state index contributed by atoms with van der Waals surface area (Å²) in [5, 5.41) is 8.23. The number of rotatable bonds is 5. The van der Waals surface area contributed by atoms with E-state index in [0.29, 0.717) is 34.5 Å². The molecule has 7 heteroatoms. The first-order valence-electron chi connectivity index (χ1n) is 7.92. The molecular weight excluding hydrogens is 349 g/mol. The van der Waals surface area contributed by atoms with E-state index in [1.54, 1.807) is 11.6 Å². The summed E-state index contributed by atoms with van der Waals surface area (Å²) >= 11 is 12.6. The van der Waals surface area contributed by atoms with Crippen LogP contribution in [-0.4, -0.2) is 34.9 Å². The quantitative estimate of drug-likeness (QED) is 0.880. The first-order valence-corrected chi connectivity index (χ1v) is 8.68. The van der Waals surface area contributed by atoms with E-state index < -0.39 is 0 Å². The normalized spacial score (nSPS) is 17.2. The molecule has 3 rings (SSSR count). The molecule has 128 valence electrons. The number of amides is 1. The van der Waals surface area contributed by atoms with Crippen LogP contribution in [0.5, 0.6) is 0 Å². The number of carbonyl (C=O) groups is 1. The number of hydrogen-bond donors (Lipinski definition) is 1. The lowest BCUT2D eigenvalue weighted by Crippen LogP contribution is -2.32. The number of carbonyl (C=O) groups excluding carboxylic acids is 1. The molecule has 1 saturated heterocycles. The van der Waals surface area contributed by atoms with E-state index in [1.165, 1.54) is 0 Å². The Kier molecular flexibility index (Phi) is 5.43. The van der Waals surface area contributed by atoms with Crippen molar-refractivity contribution in [3.63, 3.8) is 0 Å². The van der Waals surface area contributed by atoms with Gasteiger partial charge in [0.25, 0.3) is 5.91 Å². The van der Waals surface area contributed by atoms with Crippen molar-refractivity contribution in [2.24, 2.45) is 0 Å². The van der Waals surface area contributed by atoms with Gasteiger partial charge >= 0.3 is 0 Å². The SMILES string of the molecule is Cc1nn(Cc2ccccc2Cl)c(Cl)c1C(=O)NC[C@H]1CCCO1. The van der Waals surface area contributed by atoms with Gasteiger partial charge in [0, 0.05) is 18.2 Å². The summed E-state index contributed by atoms with van der Waals surface area (Å²) in [4.78, 5) is 12.4. The molecule has 1 aromatic carbocycles. The third-order valence-corrected chi connectivity index (χ3v) is 4.84. The second-order valence-electron chi connectivity index (χ2n) is 5.85. The third-order valence-electron chi connectivity index (χ3n) is 4.08. The Bertz CT molecular complexity index is 739. The molecule has 2 heterocycles. The van der Waals surface area contributed by atoms with E-state index in [4.69, 9.17) is 27.9 Å². The molecule has 1 aromatic heterocycles. The first-order chi connectivity index (χ1) is 11.6. The molecule has 0 aliphatic carbocycles. The minimum Gasteiger partial charge on any atom is -0.376 e. The van der Waals surface area contributed by atoms with Gasteiger partial charge in [0.1, 0.15) is 5.15 Å². The average Bonchev–Trinajstić information content (AvgIpc) is 3.16. The van der Waals surface area contributed by atoms with Crippen LogP contribution in [0.25, 0.3) is 0 Å². The minimum atomic E-state index is -0.224. The highest BCUT2D eigenvalue weighted by molar-refractivity contribution is 6.33. The molecule has 1 aliphatic heterocycles. The number of aromatic nitrogens is 2. The summed E-state index contributed by atoms with van der Waals surface area (Å²) in [7, 11) is 0. The highest BCUT2D eigenvalue weighted by atomic mass is 35.5. The molecule has 0 saturated carbocycles. The Hall–Kier alpha value is -1.56. The van der Waals surface area contributed by atoms with Crippen molar-refractivity contribution in [3.05, 3.63) is 51.3 Å². The van der Waals surface area contributed by atoms with Crippen molar-refractivity contribution >= 4 is 29.1 Å². The van der Waals surface area contributed by atoms with Crippen molar-refractivity contribution < 1.29 is 9.53 Å². The van der Waals surface area contributed by atoms with Crippen molar-refractivity contribution in [1.29, 1.82) is 0 Å². The summed E-state index contributed by atoms with van der Waals surface area (Å²) in [5.74, 6) is -0.224. The zero-order valence-electron chi connectivity index (χ0n) is 13.4. The van der Waals surface area contributed by atoms with Gasteiger partial charge in [-0.15, -0.1) is 0 Å². The molecule has 24 heavy (non-hydrogen) atoms. The Morgan fingerprint density at radius 1 is 1.42 bits per heavy atom. The largest absolute Gasteiger partial charge is 0.376 e. The van der Waals surface area contributed by atoms with Crippen LogP contribution < -0.4 is 5.32 Å². The fraction of sp³-hybridized carbons (Fsp3) is 0.412. The highest BCUT2D eigenvalue weighted by Gasteiger charge is 2.22. The summed E-state index contributed by atoms with van der Waals surface area (Å²) < 4.78 is 7.11. The first kappa shape index (κ1) is 17.3. The van der Waals surface area contributed by atoms with Crippen molar-refractivity contribution in [2.45, 2.75) is 32.4 Å². The van der Waals surface area contributed by atoms with Crippen LogP contribution in [0.2, 0.25) is 10.2 Å². The van der Waals surface area contributed by atoms with Crippen LogP contribution in [-0.2, 0) is 11.3 Å². The fourth-order valence-electron chi connectivity index (χ4n) is 2.80. The molecular formula is C17H19Cl2N3O2. The van der Waals surface area contributed by atoms with E-state index >= 15 is 0 Å². The zero-order chi connectivity index (χ0) is 17.1. The maximum Gasteiger partial charge on any atom is 0.256 e. The van der Waals surface area contributed by atoms with Gasteiger partial charge in [-0.25, -0.2) is 4.68 Å². The van der Waals surface area contributed by atoms with Crippen molar-refractivity contribution in [2.75, 3.05) is 13.2 Å². The summed E-state index contributed by atoms with van der Waals surface area (Å²) in [6.45, 7) is 3.44. The number of halogens is 2. The third kappa shape index (κ3) is 3.74. The van der Waals surface area contributed by atoms with Gasteiger partial charge in [-0.1, -0.05) is 41.4 Å². The summed E-state index contributed by atoms with van der Waals surface area (Å²) in [5.41, 5.74) is 1.90. The van der Waals surface area contributed by atoms with Crippen LogP contribution in [0.1, 0.15) is 34.5 Å². The monoisotopic (exact) mass is 367 g/mol. The Morgan fingerprint density at radius 3 is 2.92 bits per heavy atom. The highest BCUT2D eigenvalue weighted by Crippen LogP contribution is 2.23. The maximum atomic E-state index is 12.4. The van der Waals surface area contributed by atoms with Gasteiger partial charge in [0.2, 0.25) is 0 Å². The number of nitrogens with one attached hydrogen (secondary N) is 1. The molecule has 0 unspecified atom stereocenters. The molecule has 1 aliphatic rings. The van der Waals surface area contributed by atoms with Crippen LogP contribution in [0, 0.1) is 6.92 Å². The number of aryl methyl sites for hydroxylation is 1. The standard InChI is InChI=1S/C17H19Cl2N3O2/c1-11-15(17(23)20-9-13-6-4-8-24-13)16(19)22(21-11)10-12-5-2-3-7-14(12)18/h2-3,5,7,13H,4,6,8-10H2,1H3,(H,20,23)/t13-/m1/s1. The number of nitrogens with zero attached hydrogens (tertiary/aromatic N) is 2. The zero-order valence-corrected chi connectivity index (χ0v) is 14.9. The molecule has 5 nitrogen and oxygen atoms in total. The topological polar surface area (TPSA) is 56.2 Å². The lowest BCUT2D eigenvalue weighted by Gasteiger charge is -2.10. The smallest absolute Gasteiger partial charge is 0.256 e. The van der Waals surface area contributed by atoms with E-state index in [9.17, 15) is 4.79 Å². The molecule has 1 amide bonds. The van der Waals surface area contributed by atoms with Crippen LogP contribution >= 0.6 is 23.2 Å². The molecule has 0 bridgehead atoms. The van der Waals surface area contributed by atoms with Crippen molar-refractivity contribution in [1.82, 2.24) is 15.1 Å².